The second kappa shape index (κ2) is 52.5. The van der Waals surface area contributed by atoms with Crippen molar-refractivity contribution < 1.29 is 28.6 Å². The van der Waals surface area contributed by atoms with Gasteiger partial charge in [0.05, 0.1) is 0 Å². The van der Waals surface area contributed by atoms with Crippen LogP contribution in [0, 0.1) is 0 Å². The number of carbonyl (C=O) groups is 3. The normalized spacial score (nSPS) is 12.6. The van der Waals surface area contributed by atoms with Crippen LogP contribution in [0.15, 0.2) is 72.9 Å². The summed E-state index contributed by atoms with van der Waals surface area (Å²) in [5.41, 5.74) is 0. The zero-order chi connectivity index (χ0) is 46.5. The average molecular weight is 893 g/mol. The van der Waals surface area contributed by atoms with Crippen LogP contribution in [0.3, 0.4) is 0 Å². The molecule has 0 unspecified atom stereocenters. The van der Waals surface area contributed by atoms with E-state index in [9.17, 15) is 14.4 Å². The van der Waals surface area contributed by atoms with Gasteiger partial charge in [0.15, 0.2) is 6.10 Å². The number of rotatable bonds is 48. The molecule has 64 heavy (non-hydrogen) atoms. The van der Waals surface area contributed by atoms with E-state index in [2.05, 4.69) is 93.7 Å². The lowest BCUT2D eigenvalue weighted by Crippen LogP contribution is -2.30. The van der Waals surface area contributed by atoms with E-state index >= 15 is 0 Å². The van der Waals surface area contributed by atoms with Crippen molar-refractivity contribution in [3.8, 4) is 0 Å². The molecule has 0 radical (unpaired) electrons. The van der Waals surface area contributed by atoms with Crippen molar-refractivity contribution in [2.45, 2.75) is 264 Å². The number of carbonyl (C=O) groups excluding carboxylic acids is 3. The molecule has 0 aliphatic rings. The molecule has 0 N–H and O–H groups in total. The van der Waals surface area contributed by atoms with Gasteiger partial charge >= 0.3 is 17.9 Å². The molecule has 0 bridgehead atoms. The van der Waals surface area contributed by atoms with Crippen molar-refractivity contribution in [1.29, 1.82) is 0 Å². The number of hydrogen-bond acceptors (Lipinski definition) is 6. The van der Waals surface area contributed by atoms with Gasteiger partial charge in [0.25, 0.3) is 0 Å². The van der Waals surface area contributed by atoms with Crippen molar-refractivity contribution in [3.05, 3.63) is 72.9 Å². The van der Waals surface area contributed by atoms with E-state index < -0.39 is 6.10 Å². The van der Waals surface area contributed by atoms with Gasteiger partial charge in [-0.15, -0.1) is 0 Å². The molecule has 0 aliphatic carbocycles. The molecule has 6 heteroatoms. The number of allylic oxidation sites excluding steroid dienone is 12. The minimum absolute atomic E-state index is 0.0887. The Morgan fingerprint density at radius 1 is 0.328 bits per heavy atom. The first kappa shape index (κ1) is 60.9. The quantitative estimate of drug-likeness (QED) is 0.0262. The van der Waals surface area contributed by atoms with Crippen LogP contribution in [-0.4, -0.2) is 37.2 Å². The van der Waals surface area contributed by atoms with Crippen molar-refractivity contribution in [2.24, 2.45) is 0 Å². The smallest absolute Gasteiger partial charge is 0.306 e. The highest BCUT2D eigenvalue weighted by atomic mass is 16.6. The molecule has 0 aromatic rings. The molecule has 0 heterocycles. The maximum Gasteiger partial charge on any atom is 0.306 e. The molecule has 0 rings (SSSR count). The fourth-order valence-corrected chi connectivity index (χ4v) is 7.40. The second-order valence-corrected chi connectivity index (χ2v) is 17.8. The van der Waals surface area contributed by atoms with Gasteiger partial charge in [0, 0.05) is 19.3 Å². The van der Waals surface area contributed by atoms with Crippen molar-refractivity contribution in [3.63, 3.8) is 0 Å². The van der Waals surface area contributed by atoms with E-state index in [0.29, 0.717) is 19.3 Å². The van der Waals surface area contributed by atoms with Crippen molar-refractivity contribution in [2.75, 3.05) is 13.2 Å². The minimum Gasteiger partial charge on any atom is -0.462 e. The van der Waals surface area contributed by atoms with Gasteiger partial charge in [0.2, 0.25) is 0 Å². The molecule has 1 atom stereocenters. The largest absolute Gasteiger partial charge is 0.462 e. The van der Waals surface area contributed by atoms with Crippen molar-refractivity contribution >= 4 is 17.9 Å². The van der Waals surface area contributed by atoms with Gasteiger partial charge in [-0.2, -0.15) is 0 Å². The maximum atomic E-state index is 12.8. The third-order valence-corrected chi connectivity index (χ3v) is 11.4. The molecule has 0 saturated carbocycles. The standard InChI is InChI=1S/C58H100O6/c1-4-7-10-13-16-19-22-25-27-28-29-30-32-34-37-39-42-45-48-51-57(60)63-54-55(64-58(61)52-49-46-43-40-35-24-21-18-15-12-9-6-3)53-62-56(59)50-47-44-41-38-36-33-31-26-23-20-17-14-11-8-5-2/h7,10,16,19,25-27,29-31,34,37,55H,4-6,8-9,11-15,17-18,20-24,28,32-33,35-36,38-54H2,1-3H3/b10-7-,19-16-,27-25-,30-29-,31-26-,37-34-/t55-/m0/s1. The summed E-state index contributed by atoms with van der Waals surface area (Å²) in [5, 5.41) is 0. The third kappa shape index (κ3) is 49.9. The summed E-state index contributed by atoms with van der Waals surface area (Å²) in [6.45, 7) is 6.49. The highest BCUT2D eigenvalue weighted by Crippen LogP contribution is 2.15. The maximum absolute atomic E-state index is 12.8. The first-order chi connectivity index (χ1) is 31.5. The highest BCUT2D eigenvalue weighted by molar-refractivity contribution is 5.71. The topological polar surface area (TPSA) is 78.9 Å². The summed E-state index contributed by atoms with van der Waals surface area (Å²) in [6.07, 6.45) is 66.0. The highest BCUT2D eigenvalue weighted by Gasteiger charge is 2.19. The van der Waals surface area contributed by atoms with Gasteiger partial charge < -0.3 is 14.2 Å². The van der Waals surface area contributed by atoms with Gasteiger partial charge in [-0.05, 0) is 89.9 Å². The number of ether oxygens (including phenoxy) is 3. The van der Waals surface area contributed by atoms with Crippen LogP contribution in [0.2, 0.25) is 0 Å². The molecule has 0 aliphatic heterocycles. The Labute approximate surface area is 395 Å². The van der Waals surface area contributed by atoms with Gasteiger partial charge in [-0.25, -0.2) is 0 Å². The zero-order valence-corrected chi connectivity index (χ0v) is 42.0. The summed E-state index contributed by atoms with van der Waals surface area (Å²) < 4.78 is 16.8. The molecule has 0 fully saturated rings. The Kier molecular flexibility index (Phi) is 49.9. The third-order valence-electron chi connectivity index (χ3n) is 11.4. The fraction of sp³-hybridized carbons (Fsp3) is 0.741. The molecule has 0 saturated heterocycles. The summed E-state index contributed by atoms with van der Waals surface area (Å²) in [6, 6.07) is 0. The number of unbranched alkanes of at least 4 members (excludes halogenated alkanes) is 25. The van der Waals surface area contributed by atoms with Gasteiger partial charge in [-0.1, -0.05) is 222 Å². The monoisotopic (exact) mass is 893 g/mol. The Bertz CT molecular complexity index is 1210. The van der Waals surface area contributed by atoms with Crippen LogP contribution in [-0.2, 0) is 28.6 Å². The minimum atomic E-state index is -0.790. The van der Waals surface area contributed by atoms with E-state index in [0.717, 1.165) is 103 Å². The molecular formula is C58H100O6. The molecule has 0 aromatic carbocycles. The SMILES string of the molecule is CC/C=C\C/C=C\C/C=C\C/C=C\C/C=C\CCCCCC(=O)OC[C@H](COC(=O)CCCCCCC/C=C\CCCCCCCC)OC(=O)CCCCCCCCCCCCCC. The second-order valence-electron chi connectivity index (χ2n) is 17.8. The number of hydrogen-bond donors (Lipinski definition) is 0. The summed E-state index contributed by atoms with van der Waals surface area (Å²) in [7, 11) is 0. The van der Waals surface area contributed by atoms with Crippen molar-refractivity contribution in [1.82, 2.24) is 0 Å². The first-order valence-corrected chi connectivity index (χ1v) is 26.9. The number of esters is 3. The molecule has 6 nitrogen and oxygen atoms in total. The Hall–Kier alpha value is -3.15. The fourth-order valence-electron chi connectivity index (χ4n) is 7.40. The summed E-state index contributed by atoms with van der Waals surface area (Å²) >= 11 is 0. The molecule has 0 aromatic heterocycles. The van der Waals surface area contributed by atoms with Crippen LogP contribution in [0.1, 0.15) is 258 Å². The molecule has 368 valence electrons. The lowest BCUT2D eigenvalue weighted by molar-refractivity contribution is -0.167. The zero-order valence-electron chi connectivity index (χ0n) is 42.0. The van der Waals surface area contributed by atoms with E-state index in [1.807, 2.05) is 0 Å². The van der Waals surface area contributed by atoms with E-state index in [-0.39, 0.29) is 31.1 Å². The molecule has 0 amide bonds. The molecule has 0 spiro atoms. The van der Waals surface area contributed by atoms with E-state index in [1.165, 1.54) is 116 Å². The average Bonchev–Trinajstić information content (AvgIpc) is 3.29. The summed E-state index contributed by atoms with van der Waals surface area (Å²) in [5.74, 6) is -0.925. The van der Waals surface area contributed by atoms with Crippen LogP contribution in [0.5, 0.6) is 0 Å². The lowest BCUT2D eigenvalue weighted by Gasteiger charge is -2.18. The van der Waals surface area contributed by atoms with Gasteiger partial charge in [0.1, 0.15) is 13.2 Å². The van der Waals surface area contributed by atoms with Gasteiger partial charge in [-0.3, -0.25) is 14.4 Å². The van der Waals surface area contributed by atoms with E-state index in [4.69, 9.17) is 14.2 Å². The predicted molar refractivity (Wildman–Crippen MR) is 274 cm³/mol. The Morgan fingerprint density at radius 3 is 0.984 bits per heavy atom. The van der Waals surface area contributed by atoms with Crippen LogP contribution >= 0.6 is 0 Å². The van der Waals surface area contributed by atoms with Crippen LogP contribution < -0.4 is 0 Å². The Morgan fingerprint density at radius 2 is 0.609 bits per heavy atom. The first-order valence-electron chi connectivity index (χ1n) is 26.9. The van der Waals surface area contributed by atoms with E-state index in [1.54, 1.807) is 0 Å². The molecular weight excluding hydrogens is 793 g/mol. The van der Waals surface area contributed by atoms with Crippen LogP contribution in [0.4, 0.5) is 0 Å². The predicted octanol–water partition coefficient (Wildman–Crippen LogP) is 17.8. The lowest BCUT2D eigenvalue weighted by atomic mass is 10.0. The summed E-state index contributed by atoms with van der Waals surface area (Å²) in [4.78, 5) is 38.0. The van der Waals surface area contributed by atoms with Crippen LogP contribution in [0.25, 0.3) is 0 Å². The Balaban J connectivity index is 4.42.